The van der Waals surface area contributed by atoms with Crippen molar-refractivity contribution < 1.29 is 9.18 Å². The summed E-state index contributed by atoms with van der Waals surface area (Å²) in [5.41, 5.74) is 2.34. The topological polar surface area (TPSA) is 32.3 Å². The summed E-state index contributed by atoms with van der Waals surface area (Å²) >= 11 is 0. The molecular weight excluding hydrogens is 315 g/mol. The quantitative estimate of drug-likeness (QED) is 0.882. The number of carbonyl (C=O) groups excluding carboxylic acids is 1. The van der Waals surface area contributed by atoms with Crippen molar-refractivity contribution in [2.45, 2.75) is 31.6 Å². The van der Waals surface area contributed by atoms with Crippen molar-refractivity contribution in [3.05, 3.63) is 71.5 Å². The largest absolute Gasteiger partial charge is 0.338 e. The van der Waals surface area contributed by atoms with Gasteiger partial charge in [0, 0.05) is 25.6 Å². The lowest BCUT2D eigenvalue weighted by molar-refractivity contribution is 0.197. The van der Waals surface area contributed by atoms with Crippen LogP contribution in [0.15, 0.2) is 54.6 Å². The van der Waals surface area contributed by atoms with Crippen molar-refractivity contribution in [2.75, 3.05) is 19.6 Å². The fourth-order valence-electron chi connectivity index (χ4n) is 3.40. The number of urea groups is 1. The Labute approximate surface area is 148 Å². The van der Waals surface area contributed by atoms with Gasteiger partial charge in [0.1, 0.15) is 5.82 Å². The molecule has 2 aromatic carbocycles. The standard InChI is InChI=1S/C21H25FN2O/c22-20-11-9-18(10-12-20)19-8-4-5-15-24(16-19)21(25)23-14-13-17-6-2-1-3-7-17/h1-3,6-7,9-12,19H,4-5,8,13-16H2,(H,23,25)/t19-/m0/s1. The average molecular weight is 340 g/mol. The molecule has 1 saturated heterocycles. The lowest BCUT2D eigenvalue weighted by Gasteiger charge is -2.25. The number of halogens is 1. The molecule has 0 spiro atoms. The molecule has 2 aromatic rings. The molecule has 0 unspecified atom stereocenters. The van der Waals surface area contributed by atoms with Gasteiger partial charge in [-0.05, 0) is 42.5 Å². The molecule has 1 N–H and O–H groups in total. The SMILES string of the molecule is O=C(NCCc1ccccc1)N1CCCC[C@H](c2ccc(F)cc2)C1. The fraction of sp³-hybridized carbons (Fsp3) is 0.381. The highest BCUT2D eigenvalue weighted by molar-refractivity contribution is 5.74. The van der Waals surface area contributed by atoms with E-state index in [0.29, 0.717) is 13.1 Å². The van der Waals surface area contributed by atoms with Crippen molar-refractivity contribution in [3.8, 4) is 0 Å². The molecule has 0 aliphatic carbocycles. The molecule has 0 saturated carbocycles. The Hall–Kier alpha value is -2.36. The average Bonchev–Trinajstić information content (AvgIpc) is 2.89. The van der Waals surface area contributed by atoms with Crippen LogP contribution < -0.4 is 5.32 Å². The molecule has 3 nitrogen and oxygen atoms in total. The molecular formula is C21H25FN2O. The molecule has 0 radical (unpaired) electrons. The van der Waals surface area contributed by atoms with Gasteiger partial charge in [0.2, 0.25) is 0 Å². The third kappa shape index (κ3) is 5.05. The van der Waals surface area contributed by atoms with Gasteiger partial charge in [-0.15, -0.1) is 0 Å². The van der Waals surface area contributed by atoms with Crippen LogP contribution in [0.1, 0.15) is 36.3 Å². The first-order valence-corrected chi connectivity index (χ1v) is 9.04. The van der Waals surface area contributed by atoms with E-state index in [-0.39, 0.29) is 17.8 Å². The fourth-order valence-corrected chi connectivity index (χ4v) is 3.40. The molecule has 132 valence electrons. The Kier molecular flexibility index (Phi) is 6.04. The maximum atomic E-state index is 13.1. The Balaban J connectivity index is 1.54. The van der Waals surface area contributed by atoms with Gasteiger partial charge in [0.25, 0.3) is 0 Å². The smallest absolute Gasteiger partial charge is 0.317 e. The number of rotatable bonds is 4. The summed E-state index contributed by atoms with van der Waals surface area (Å²) in [7, 11) is 0. The van der Waals surface area contributed by atoms with E-state index in [2.05, 4.69) is 17.4 Å². The normalized spacial score (nSPS) is 17.8. The molecule has 1 atom stereocenters. The van der Waals surface area contributed by atoms with Gasteiger partial charge in [0.05, 0.1) is 0 Å². The van der Waals surface area contributed by atoms with E-state index >= 15 is 0 Å². The van der Waals surface area contributed by atoms with Crippen LogP contribution in [0.5, 0.6) is 0 Å². The molecule has 1 aliphatic heterocycles. The van der Waals surface area contributed by atoms with Crippen molar-refractivity contribution in [1.29, 1.82) is 0 Å². The summed E-state index contributed by atoms with van der Waals surface area (Å²) in [6.45, 7) is 2.12. The Morgan fingerprint density at radius 1 is 1.08 bits per heavy atom. The first-order chi connectivity index (χ1) is 12.2. The van der Waals surface area contributed by atoms with Crippen LogP contribution in [0, 0.1) is 5.82 Å². The highest BCUT2D eigenvalue weighted by Crippen LogP contribution is 2.26. The predicted octanol–water partition coefficient (Wildman–Crippen LogP) is 4.35. The zero-order valence-electron chi connectivity index (χ0n) is 14.5. The maximum Gasteiger partial charge on any atom is 0.317 e. The van der Waals surface area contributed by atoms with Gasteiger partial charge in [-0.3, -0.25) is 0 Å². The second kappa shape index (κ2) is 8.65. The van der Waals surface area contributed by atoms with Crippen LogP contribution in [0.4, 0.5) is 9.18 Å². The van der Waals surface area contributed by atoms with E-state index in [9.17, 15) is 9.18 Å². The number of benzene rings is 2. The zero-order chi connectivity index (χ0) is 17.5. The highest BCUT2D eigenvalue weighted by atomic mass is 19.1. The van der Waals surface area contributed by atoms with Crippen LogP contribution in [0.25, 0.3) is 0 Å². The maximum absolute atomic E-state index is 13.1. The summed E-state index contributed by atoms with van der Waals surface area (Å²) in [4.78, 5) is 14.4. The lowest BCUT2D eigenvalue weighted by Crippen LogP contribution is -2.42. The first-order valence-electron chi connectivity index (χ1n) is 9.04. The summed E-state index contributed by atoms with van der Waals surface area (Å²) < 4.78 is 13.1. The van der Waals surface area contributed by atoms with Gasteiger partial charge < -0.3 is 10.2 Å². The first kappa shape index (κ1) is 17.5. The van der Waals surface area contributed by atoms with Gasteiger partial charge in [-0.25, -0.2) is 9.18 Å². The molecule has 0 bridgehead atoms. The predicted molar refractivity (Wildman–Crippen MR) is 98.1 cm³/mol. The molecule has 3 rings (SSSR count). The van der Waals surface area contributed by atoms with Crippen LogP contribution in [-0.2, 0) is 6.42 Å². The summed E-state index contributed by atoms with van der Waals surface area (Å²) in [6, 6.07) is 16.9. The van der Waals surface area contributed by atoms with E-state index < -0.39 is 0 Å². The summed E-state index contributed by atoms with van der Waals surface area (Å²) in [5.74, 6) is 0.0656. The number of hydrogen-bond donors (Lipinski definition) is 1. The molecule has 1 fully saturated rings. The summed E-state index contributed by atoms with van der Waals surface area (Å²) in [5, 5.41) is 3.04. The Bertz CT molecular complexity index is 672. The Morgan fingerprint density at radius 3 is 2.60 bits per heavy atom. The van der Waals surface area contributed by atoms with Gasteiger partial charge >= 0.3 is 6.03 Å². The minimum Gasteiger partial charge on any atom is -0.338 e. The molecule has 1 aliphatic rings. The summed E-state index contributed by atoms with van der Waals surface area (Å²) in [6.07, 6.45) is 3.99. The van der Waals surface area contributed by atoms with Crippen molar-refractivity contribution >= 4 is 6.03 Å². The number of hydrogen-bond acceptors (Lipinski definition) is 1. The van der Waals surface area contributed by atoms with E-state index in [4.69, 9.17) is 0 Å². The number of likely N-dealkylation sites (tertiary alicyclic amines) is 1. The van der Waals surface area contributed by atoms with E-state index in [1.54, 1.807) is 0 Å². The van der Waals surface area contributed by atoms with Crippen LogP contribution in [0.2, 0.25) is 0 Å². The third-order valence-electron chi connectivity index (χ3n) is 4.83. The minimum absolute atomic E-state index is 0.00458. The number of nitrogens with one attached hydrogen (secondary N) is 1. The van der Waals surface area contributed by atoms with E-state index in [0.717, 1.165) is 37.8 Å². The van der Waals surface area contributed by atoms with E-state index in [1.807, 2.05) is 35.2 Å². The zero-order valence-corrected chi connectivity index (χ0v) is 14.5. The number of nitrogens with zero attached hydrogens (tertiary/aromatic N) is 1. The highest BCUT2D eigenvalue weighted by Gasteiger charge is 2.23. The third-order valence-corrected chi connectivity index (χ3v) is 4.83. The van der Waals surface area contributed by atoms with Crippen LogP contribution >= 0.6 is 0 Å². The molecule has 4 heteroatoms. The lowest BCUT2D eigenvalue weighted by atomic mass is 9.94. The minimum atomic E-state index is -0.215. The van der Waals surface area contributed by atoms with Gasteiger partial charge in [-0.1, -0.05) is 48.9 Å². The van der Waals surface area contributed by atoms with Crippen molar-refractivity contribution in [3.63, 3.8) is 0 Å². The monoisotopic (exact) mass is 340 g/mol. The number of amides is 2. The second-order valence-electron chi connectivity index (χ2n) is 6.66. The van der Waals surface area contributed by atoms with Gasteiger partial charge in [-0.2, -0.15) is 0 Å². The van der Waals surface area contributed by atoms with Crippen LogP contribution in [-0.4, -0.2) is 30.6 Å². The number of carbonyl (C=O) groups is 1. The molecule has 25 heavy (non-hydrogen) atoms. The van der Waals surface area contributed by atoms with E-state index in [1.165, 1.54) is 17.7 Å². The molecule has 0 aromatic heterocycles. The van der Waals surface area contributed by atoms with Gasteiger partial charge in [0.15, 0.2) is 0 Å². The van der Waals surface area contributed by atoms with Crippen molar-refractivity contribution in [2.24, 2.45) is 0 Å². The Morgan fingerprint density at radius 2 is 1.84 bits per heavy atom. The molecule has 2 amide bonds. The van der Waals surface area contributed by atoms with Crippen LogP contribution in [0.3, 0.4) is 0 Å². The van der Waals surface area contributed by atoms with Crippen molar-refractivity contribution in [1.82, 2.24) is 10.2 Å². The second-order valence-corrected chi connectivity index (χ2v) is 6.66. The molecule has 1 heterocycles.